The maximum absolute atomic E-state index is 12.6. The number of hydrogen-bond donors (Lipinski definition) is 1. The van der Waals surface area contributed by atoms with E-state index < -0.39 is 0 Å². The third-order valence-electron chi connectivity index (χ3n) is 4.93. The van der Waals surface area contributed by atoms with Crippen LogP contribution in [-0.2, 0) is 11.2 Å². The van der Waals surface area contributed by atoms with Gasteiger partial charge in [0.1, 0.15) is 0 Å². The molecule has 22 heavy (non-hydrogen) atoms. The molecule has 0 aliphatic carbocycles. The number of amides is 1. The first-order chi connectivity index (χ1) is 10.7. The van der Waals surface area contributed by atoms with E-state index in [1.807, 2.05) is 11.0 Å². The molecule has 0 aromatic heterocycles. The van der Waals surface area contributed by atoms with Gasteiger partial charge in [-0.25, -0.2) is 0 Å². The number of rotatable bonds is 7. The van der Waals surface area contributed by atoms with Crippen LogP contribution >= 0.6 is 0 Å². The van der Waals surface area contributed by atoms with Crippen LogP contribution in [0.2, 0.25) is 0 Å². The van der Waals surface area contributed by atoms with Crippen molar-refractivity contribution in [3.63, 3.8) is 0 Å². The third-order valence-corrected chi connectivity index (χ3v) is 4.93. The molecule has 1 fully saturated rings. The normalized spacial score (nSPS) is 17.2. The molecule has 3 heteroatoms. The molecule has 1 aromatic rings. The Kier molecular flexibility index (Phi) is 6.91. The van der Waals surface area contributed by atoms with Crippen LogP contribution in [0.25, 0.3) is 0 Å². The van der Waals surface area contributed by atoms with Crippen LogP contribution < -0.4 is 5.32 Å². The Morgan fingerprint density at radius 3 is 2.59 bits per heavy atom. The van der Waals surface area contributed by atoms with Gasteiger partial charge < -0.3 is 10.2 Å². The van der Waals surface area contributed by atoms with Gasteiger partial charge in [-0.1, -0.05) is 37.3 Å². The number of hydrogen-bond acceptors (Lipinski definition) is 2. The maximum atomic E-state index is 12.6. The van der Waals surface area contributed by atoms with Gasteiger partial charge in [0, 0.05) is 19.5 Å². The molecule has 3 nitrogen and oxygen atoms in total. The Hall–Kier alpha value is -1.35. The SMILES string of the molecule is CCN(CCc1ccccc1)C(=O)CC(C)C1CCNCC1. The molecule has 122 valence electrons. The molecule has 0 saturated carbocycles. The quantitative estimate of drug-likeness (QED) is 0.839. The topological polar surface area (TPSA) is 32.3 Å². The Morgan fingerprint density at radius 1 is 1.27 bits per heavy atom. The Morgan fingerprint density at radius 2 is 1.95 bits per heavy atom. The number of carbonyl (C=O) groups is 1. The van der Waals surface area contributed by atoms with E-state index in [4.69, 9.17) is 0 Å². The van der Waals surface area contributed by atoms with Crippen LogP contribution in [0.3, 0.4) is 0 Å². The van der Waals surface area contributed by atoms with Gasteiger partial charge in [0.2, 0.25) is 5.91 Å². The van der Waals surface area contributed by atoms with Gasteiger partial charge in [0.15, 0.2) is 0 Å². The van der Waals surface area contributed by atoms with Gasteiger partial charge in [-0.05, 0) is 56.7 Å². The van der Waals surface area contributed by atoms with Crippen molar-refractivity contribution in [3.8, 4) is 0 Å². The monoisotopic (exact) mass is 302 g/mol. The van der Waals surface area contributed by atoms with E-state index in [0.29, 0.717) is 24.2 Å². The van der Waals surface area contributed by atoms with Gasteiger partial charge in [0.05, 0.1) is 0 Å². The first kappa shape index (κ1) is 17.0. The van der Waals surface area contributed by atoms with Crippen molar-refractivity contribution in [2.75, 3.05) is 26.2 Å². The highest BCUT2D eigenvalue weighted by Gasteiger charge is 2.23. The molecule has 1 aromatic carbocycles. The molecule has 1 aliphatic heterocycles. The van der Waals surface area contributed by atoms with Crippen LogP contribution in [0.4, 0.5) is 0 Å². The van der Waals surface area contributed by atoms with Gasteiger partial charge in [-0.2, -0.15) is 0 Å². The molecular formula is C19H30N2O. The molecule has 0 radical (unpaired) electrons. The molecule has 1 amide bonds. The number of nitrogens with zero attached hydrogens (tertiary/aromatic N) is 1. The van der Waals surface area contributed by atoms with E-state index in [-0.39, 0.29) is 0 Å². The molecule has 1 aliphatic rings. The van der Waals surface area contributed by atoms with Gasteiger partial charge in [0.25, 0.3) is 0 Å². The van der Waals surface area contributed by atoms with Crippen molar-refractivity contribution in [2.45, 2.75) is 39.5 Å². The van der Waals surface area contributed by atoms with Crippen molar-refractivity contribution >= 4 is 5.91 Å². The summed E-state index contributed by atoms with van der Waals surface area (Å²) >= 11 is 0. The summed E-state index contributed by atoms with van der Waals surface area (Å²) in [4.78, 5) is 14.6. The molecule has 0 spiro atoms. The molecule has 1 saturated heterocycles. The van der Waals surface area contributed by atoms with Crippen LogP contribution in [0.1, 0.15) is 38.7 Å². The molecule has 1 N–H and O–H groups in total. The van der Waals surface area contributed by atoms with Crippen molar-refractivity contribution in [1.29, 1.82) is 0 Å². The minimum atomic E-state index is 0.324. The second kappa shape index (κ2) is 8.94. The summed E-state index contributed by atoms with van der Waals surface area (Å²) in [6.07, 6.45) is 4.07. The highest BCUT2D eigenvalue weighted by Crippen LogP contribution is 2.24. The summed E-state index contributed by atoms with van der Waals surface area (Å²) in [5.41, 5.74) is 1.31. The Bertz CT molecular complexity index is 440. The third kappa shape index (κ3) is 5.13. The van der Waals surface area contributed by atoms with E-state index >= 15 is 0 Å². The first-order valence-electron chi connectivity index (χ1n) is 8.73. The summed E-state index contributed by atoms with van der Waals surface area (Å²) < 4.78 is 0. The van der Waals surface area contributed by atoms with Crippen molar-refractivity contribution in [1.82, 2.24) is 10.2 Å². The van der Waals surface area contributed by atoms with Crippen molar-refractivity contribution < 1.29 is 4.79 Å². The van der Waals surface area contributed by atoms with Crippen LogP contribution in [0.15, 0.2) is 30.3 Å². The minimum absolute atomic E-state index is 0.324. The Labute approximate surface area is 135 Å². The predicted molar refractivity (Wildman–Crippen MR) is 91.8 cm³/mol. The zero-order chi connectivity index (χ0) is 15.8. The lowest BCUT2D eigenvalue weighted by Crippen LogP contribution is -2.36. The summed E-state index contributed by atoms with van der Waals surface area (Å²) in [6, 6.07) is 10.4. The lowest BCUT2D eigenvalue weighted by molar-refractivity contribution is -0.132. The molecule has 0 bridgehead atoms. The minimum Gasteiger partial charge on any atom is -0.343 e. The highest BCUT2D eigenvalue weighted by molar-refractivity contribution is 5.76. The summed E-state index contributed by atoms with van der Waals surface area (Å²) in [5, 5.41) is 3.40. The van der Waals surface area contributed by atoms with Crippen molar-refractivity contribution in [2.24, 2.45) is 11.8 Å². The lowest BCUT2D eigenvalue weighted by Gasteiger charge is -2.30. The van der Waals surface area contributed by atoms with E-state index in [1.165, 1.54) is 18.4 Å². The zero-order valence-electron chi connectivity index (χ0n) is 14.1. The number of carbonyl (C=O) groups excluding carboxylic acids is 1. The lowest BCUT2D eigenvalue weighted by atomic mass is 9.84. The van der Waals surface area contributed by atoms with E-state index in [1.54, 1.807) is 0 Å². The number of likely N-dealkylation sites (N-methyl/N-ethyl adjacent to an activating group) is 1. The van der Waals surface area contributed by atoms with Crippen LogP contribution in [-0.4, -0.2) is 37.0 Å². The fourth-order valence-corrected chi connectivity index (χ4v) is 3.35. The molecule has 2 rings (SSSR count). The van der Waals surface area contributed by atoms with Gasteiger partial charge >= 0.3 is 0 Å². The van der Waals surface area contributed by atoms with E-state index in [0.717, 1.165) is 32.6 Å². The zero-order valence-corrected chi connectivity index (χ0v) is 14.1. The fourth-order valence-electron chi connectivity index (χ4n) is 3.35. The van der Waals surface area contributed by atoms with Gasteiger partial charge in [-0.15, -0.1) is 0 Å². The first-order valence-corrected chi connectivity index (χ1v) is 8.73. The van der Waals surface area contributed by atoms with E-state index in [2.05, 4.69) is 43.4 Å². The number of nitrogens with one attached hydrogen (secondary N) is 1. The molecule has 1 unspecified atom stereocenters. The summed E-state index contributed by atoms with van der Waals surface area (Å²) in [5.74, 6) is 1.53. The largest absolute Gasteiger partial charge is 0.343 e. The second-order valence-corrected chi connectivity index (χ2v) is 6.48. The predicted octanol–water partition coefficient (Wildman–Crippen LogP) is 3.10. The molecule has 1 atom stereocenters. The summed E-state index contributed by atoms with van der Waals surface area (Å²) in [7, 11) is 0. The Balaban J connectivity index is 1.80. The standard InChI is InChI=1S/C19H30N2O/c1-3-21(14-11-17-7-5-4-6-8-17)19(22)15-16(2)18-9-12-20-13-10-18/h4-8,16,18,20H,3,9-15H2,1-2H3. The van der Waals surface area contributed by atoms with Gasteiger partial charge in [-0.3, -0.25) is 4.79 Å². The average Bonchev–Trinajstić information content (AvgIpc) is 2.57. The molecule has 1 heterocycles. The van der Waals surface area contributed by atoms with Crippen molar-refractivity contribution in [3.05, 3.63) is 35.9 Å². The van der Waals surface area contributed by atoms with Crippen LogP contribution in [0.5, 0.6) is 0 Å². The average molecular weight is 302 g/mol. The smallest absolute Gasteiger partial charge is 0.222 e. The molecular weight excluding hydrogens is 272 g/mol. The number of benzene rings is 1. The summed E-state index contributed by atoms with van der Waals surface area (Å²) in [6.45, 7) is 8.18. The highest BCUT2D eigenvalue weighted by atomic mass is 16.2. The second-order valence-electron chi connectivity index (χ2n) is 6.48. The fraction of sp³-hybridized carbons (Fsp3) is 0.632. The maximum Gasteiger partial charge on any atom is 0.222 e. The number of piperidine rings is 1. The van der Waals surface area contributed by atoms with E-state index in [9.17, 15) is 4.79 Å². The van der Waals surface area contributed by atoms with Crippen LogP contribution in [0, 0.1) is 11.8 Å².